The molecule has 2 aromatic heterocycles. The lowest BCUT2D eigenvalue weighted by molar-refractivity contribution is 0.961. The molecule has 0 aliphatic rings. The van der Waals surface area contributed by atoms with Crippen LogP contribution >= 0.6 is 12.2 Å². The van der Waals surface area contributed by atoms with Crippen LogP contribution in [-0.4, -0.2) is 14.4 Å². The van der Waals surface area contributed by atoms with E-state index in [4.69, 9.17) is 12.2 Å². The summed E-state index contributed by atoms with van der Waals surface area (Å²) < 4.78 is 2.63. The molecule has 0 aromatic carbocycles. The fraction of sp³-hybridized carbons (Fsp3) is 0.250. The molecule has 0 amide bonds. The standard InChI is InChI=1S/C8H9N3S/c1-5-3-7-4-9-6(2)11(7)8(12)10-5/h3-4H,1-2H3,(H,10,12). The summed E-state index contributed by atoms with van der Waals surface area (Å²) in [6.45, 7) is 3.92. The van der Waals surface area contributed by atoms with Gasteiger partial charge in [-0.05, 0) is 32.1 Å². The Balaban J connectivity index is 3.03. The molecule has 0 bridgehead atoms. The zero-order chi connectivity index (χ0) is 8.72. The molecular formula is C8H9N3S. The van der Waals surface area contributed by atoms with Crippen LogP contribution in [0.1, 0.15) is 11.5 Å². The summed E-state index contributed by atoms with van der Waals surface area (Å²) in [6.07, 6.45) is 1.83. The molecule has 3 nitrogen and oxygen atoms in total. The molecule has 2 rings (SSSR count). The summed E-state index contributed by atoms with van der Waals surface area (Å²) in [5.41, 5.74) is 2.11. The highest BCUT2D eigenvalue weighted by Crippen LogP contribution is 2.07. The molecule has 0 fully saturated rings. The van der Waals surface area contributed by atoms with Crippen molar-refractivity contribution in [3.05, 3.63) is 28.6 Å². The van der Waals surface area contributed by atoms with Gasteiger partial charge in [-0.2, -0.15) is 0 Å². The number of hydrogen-bond donors (Lipinski definition) is 1. The Morgan fingerprint density at radius 3 is 3.00 bits per heavy atom. The number of aryl methyl sites for hydroxylation is 2. The van der Waals surface area contributed by atoms with Crippen LogP contribution in [-0.2, 0) is 0 Å². The molecular weight excluding hydrogens is 170 g/mol. The average molecular weight is 179 g/mol. The lowest BCUT2D eigenvalue weighted by Gasteiger charge is -1.98. The first kappa shape index (κ1) is 7.49. The van der Waals surface area contributed by atoms with Crippen molar-refractivity contribution in [1.82, 2.24) is 14.4 Å². The van der Waals surface area contributed by atoms with Gasteiger partial charge in [0.05, 0.1) is 11.7 Å². The van der Waals surface area contributed by atoms with Crippen LogP contribution in [0.2, 0.25) is 0 Å². The van der Waals surface area contributed by atoms with Crippen molar-refractivity contribution in [2.75, 3.05) is 0 Å². The van der Waals surface area contributed by atoms with Gasteiger partial charge in [0.2, 0.25) is 0 Å². The van der Waals surface area contributed by atoms with E-state index < -0.39 is 0 Å². The zero-order valence-electron chi connectivity index (χ0n) is 6.96. The smallest absolute Gasteiger partial charge is 0.183 e. The highest BCUT2D eigenvalue weighted by atomic mass is 32.1. The van der Waals surface area contributed by atoms with Crippen molar-refractivity contribution < 1.29 is 0 Å². The predicted molar refractivity (Wildman–Crippen MR) is 49.9 cm³/mol. The summed E-state index contributed by atoms with van der Waals surface area (Å²) in [6, 6.07) is 2.02. The number of rotatable bonds is 0. The van der Waals surface area contributed by atoms with Crippen molar-refractivity contribution >= 4 is 17.7 Å². The predicted octanol–water partition coefficient (Wildman–Crippen LogP) is 2.01. The van der Waals surface area contributed by atoms with Crippen LogP contribution < -0.4 is 0 Å². The molecule has 0 radical (unpaired) electrons. The molecule has 0 aliphatic heterocycles. The third-order valence-corrected chi connectivity index (χ3v) is 2.12. The maximum absolute atomic E-state index is 5.15. The van der Waals surface area contributed by atoms with Gasteiger partial charge in [-0.3, -0.25) is 4.40 Å². The highest BCUT2D eigenvalue weighted by Gasteiger charge is 1.99. The molecule has 0 aliphatic carbocycles. The maximum Gasteiger partial charge on any atom is 0.183 e. The Hall–Kier alpha value is -1.16. The van der Waals surface area contributed by atoms with E-state index in [-0.39, 0.29) is 0 Å². The SMILES string of the molecule is Cc1cc2cnc(C)n2c(=S)[nH]1. The molecule has 62 valence electrons. The number of H-pyrrole nitrogens is 1. The third kappa shape index (κ3) is 0.956. The van der Waals surface area contributed by atoms with Crippen molar-refractivity contribution in [3.63, 3.8) is 0 Å². The number of imidazole rings is 1. The summed E-state index contributed by atoms with van der Waals surface area (Å²) >= 11 is 5.15. The highest BCUT2D eigenvalue weighted by molar-refractivity contribution is 7.71. The molecule has 0 unspecified atom stereocenters. The Morgan fingerprint density at radius 1 is 1.50 bits per heavy atom. The van der Waals surface area contributed by atoms with E-state index in [1.165, 1.54) is 0 Å². The van der Waals surface area contributed by atoms with E-state index in [1.807, 2.05) is 30.5 Å². The van der Waals surface area contributed by atoms with Gasteiger partial charge in [-0.25, -0.2) is 4.98 Å². The minimum absolute atomic E-state index is 0.708. The van der Waals surface area contributed by atoms with E-state index in [0.29, 0.717) is 4.77 Å². The van der Waals surface area contributed by atoms with Gasteiger partial charge in [-0.15, -0.1) is 0 Å². The topological polar surface area (TPSA) is 33.1 Å². The fourth-order valence-corrected chi connectivity index (χ4v) is 1.71. The van der Waals surface area contributed by atoms with Crippen molar-refractivity contribution in [2.24, 2.45) is 0 Å². The average Bonchev–Trinajstić information content (AvgIpc) is 2.31. The number of nitrogens with one attached hydrogen (secondary N) is 1. The second-order valence-corrected chi connectivity index (χ2v) is 3.21. The molecule has 0 spiro atoms. The van der Waals surface area contributed by atoms with Crippen molar-refractivity contribution in [2.45, 2.75) is 13.8 Å². The molecule has 4 heteroatoms. The minimum Gasteiger partial charge on any atom is -0.336 e. The van der Waals surface area contributed by atoms with E-state index >= 15 is 0 Å². The molecule has 1 N–H and O–H groups in total. The summed E-state index contributed by atoms with van der Waals surface area (Å²) in [7, 11) is 0. The van der Waals surface area contributed by atoms with Crippen molar-refractivity contribution in [3.8, 4) is 0 Å². The number of hydrogen-bond acceptors (Lipinski definition) is 2. The summed E-state index contributed by atoms with van der Waals surface area (Å²) in [5, 5.41) is 0. The number of aromatic nitrogens is 3. The molecule has 2 aromatic rings. The van der Waals surface area contributed by atoms with Crippen LogP contribution in [0.3, 0.4) is 0 Å². The monoisotopic (exact) mass is 179 g/mol. The van der Waals surface area contributed by atoms with E-state index in [2.05, 4.69) is 9.97 Å². The van der Waals surface area contributed by atoms with Crippen LogP contribution in [0.15, 0.2) is 12.3 Å². The first-order valence-corrected chi connectivity index (χ1v) is 4.13. The van der Waals surface area contributed by atoms with Crippen LogP contribution in [0.5, 0.6) is 0 Å². The van der Waals surface area contributed by atoms with Crippen LogP contribution in [0.25, 0.3) is 5.52 Å². The lowest BCUT2D eigenvalue weighted by atomic mass is 10.4. The number of aromatic amines is 1. The Bertz CT molecular complexity index is 480. The summed E-state index contributed by atoms with van der Waals surface area (Å²) in [4.78, 5) is 7.25. The van der Waals surface area contributed by atoms with E-state index in [9.17, 15) is 0 Å². The Labute approximate surface area is 75.1 Å². The number of nitrogens with zero attached hydrogens (tertiary/aromatic N) is 2. The minimum atomic E-state index is 0.708. The normalized spacial score (nSPS) is 10.8. The van der Waals surface area contributed by atoms with Gasteiger partial charge >= 0.3 is 0 Å². The molecule has 12 heavy (non-hydrogen) atoms. The zero-order valence-corrected chi connectivity index (χ0v) is 7.77. The van der Waals surface area contributed by atoms with E-state index in [1.54, 1.807) is 0 Å². The molecule has 0 saturated carbocycles. The molecule has 0 atom stereocenters. The second-order valence-electron chi connectivity index (χ2n) is 2.82. The Kier molecular flexibility index (Phi) is 1.51. The third-order valence-electron chi connectivity index (χ3n) is 1.84. The van der Waals surface area contributed by atoms with Gasteiger partial charge in [0.25, 0.3) is 0 Å². The van der Waals surface area contributed by atoms with Crippen molar-refractivity contribution in [1.29, 1.82) is 0 Å². The first-order valence-electron chi connectivity index (χ1n) is 3.72. The largest absolute Gasteiger partial charge is 0.336 e. The lowest BCUT2D eigenvalue weighted by Crippen LogP contribution is -1.94. The van der Waals surface area contributed by atoms with Gasteiger partial charge in [0.1, 0.15) is 5.82 Å². The van der Waals surface area contributed by atoms with Gasteiger partial charge in [0.15, 0.2) is 4.77 Å². The first-order chi connectivity index (χ1) is 5.68. The molecule has 2 heterocycles. The maximum atomic E-state index is 5.15. The van der Waals surface area contributed by atoms with Crippen LogP contribution in [0, 0.1) is 18.6 Å². The quantitative estimate of drug-likeness (QED) is 0.627. The van der Waals surface area contributed by atoms with Gasteiger partial charge in [-0.1, -0.05) is 0 Å². The fourth-order valence-electron chi connectivity index (χ4n) is 1.31. The van der Waals surface area contributed by atoms with Gasteiger partial charge in [0, 0.05) is 5.69 Å². The van der Waals surface area contributed by atoms with Crippen LogP contribution in [0.4, 0.5) is 0 Å². The van der Waals surface area contributed by atoms with E-state index in [0.717, 1.165) is 17.0 Å². The second kappa shape index (κ2) is 2.42. The van der Waals surface area contributed by atoms with Gasteiger partial charge < -0.3 is 4.98 Å². The molecule has 0 saturated heterocycles. The number of fused-ring (bicyclic) bond motifs is 1. The summed E-state index contributed by atoms with van der Waals surface area (Å²) in [5.74, 6) is 0.922. The Morgan fingerprint density at radius 2 is 2.25 bits per heavy atom.